The molecule has 3 nitrogen and oxygen atoms in total. The maximum Gasteiger partial charge on any atom is 0.287 e. The van der Waals surface area contributed by atoms with Gasteiger partial charge in [-0.3, -0.25) is 0 Å². The van der Waals surface area contributed by atoms with E-state index in [9.17, 15) is 8.78 Å². The van der Waals surface area contributed by atoms with Gasteiger partial charge in [0.25, 0.3) is 6.33 Å². The van der Waals surface area contributed by atoms with E-state index in [2.05, 4.69) is 44.0 Å². The fraction of sp³-hybridized carbons (Fsp3) is 0.259. The molecule has 0 bridgehead atoms. The van der Waals surface area contributed by atoms with Crippen LogP contribution in [0.4, 0.5) is 8.78 Å². The monoisotopic (exact) mass is 431 g/mol. The molecule has 0 aliphatic carbocycles. The molecule has 162 valence electrons. The second-order valence-corrected chi connectivity index (χ2v) is 9.79. The Kier molecular flexibility index (Phi) is 4.55. The summed E-state index contributed by atoms with van der Waals surface area (Å²) in [5, 5.41) is 1.92. The zero-order chi connectivity index (χ0) is 22.8. The highest BCUT2D eigenvalue weighted by Crippen LogP contribution is 2.40. The Morgan fingerprint density at radius 3 is 2.50 bits per heavy atom. The van der Waals surface area contributed by atoms with Crippen LogP contribution in [0.15, 0.2) is 53.2 Å². The summed E-state index contributed by atoms with van der Waals surface area (Å²) in [7, 11) is 1.94. The van der Waals surface area contributed by atoms with Crippen molar-refractivity contribution in [2.75, 3.05) is 0 Å². The molecule has 0 aliphatic heterocycles. The van der Waals surface area contributed by atoms with Crippen molar-refractivity contribution in [2.45, 2.75) is 34.1 Å². The van der Waals surface area contributed by atoms with Crippen LogP contribution in [0.5, 0.6) is 0 Å². The van der Waals surface area contributed by atoms with Crippen molar-refractivity contribution in [3.63, 3.8) is 0 Å². The Hall–Kier alpha value is -3.34. The highest BCUT2D eigenvalue weighted by molar-refractivity contribution is 6.11. The molecule has 0 saturated carbocycles. The van der Waals surface area contributed by atoms with Crippen LogP contribution >= 0.6 is 0 Å². The first-order chi connectivity index (χ1) is 15.1. The molecule has 0 fully saturated rings. The summed E-state index contributed by atoms with van der Waals surface area (Å²) in [5.41, 5.74) is 5.82. The second-order valence-electron chi connectivity index (χ2n) is 9.79. The van der Waals surface area contributed by atoms with Crippen LogP contribution in [-0.2, 0) is 13.5 Å². The number of hydrogen-bond acceptors (Lipinski definition) is 2. The Balaban J connectivity index is 1.83. The first-order valence-electron chi connectivity index (χ1n) is 10.7. The fourth-order valence-corrected chi connectivity index (χ4v) is 4.59. The van der Waals surface area contributed by atoms with Gasteiger partial charge in [0.15, 0.2) is 5.52 Å². The van der Waals surface area contributed by atoms with E-state index < -0.39 is 11.6 Å². The van der Waals surface area contributed by atoms with Crippen LogP contribution in [0.1, 0.15) is 31.9 Å². The lowest BCUT2D eigenvalue weighted by atomic mass is 9.87. The van der Waals surface area contributed by atoms with Crippen LogP contribution in [0.3, 0.4) is 0 Å². The zero-order valence-corrected chi connectivity index (χ0v) is 18.9. The molecule has 0 unspecified atom stereocenters. The number of halogens is 2. The largest absolute Gasteiger partial charge is 0.455 e. The minimum Gasteiger partial charge on any atom is -0.455 e. The first-order valence-corrected chi connectivity index (χ1v) is 10.7. The number of rotatable bonds is 2. The van der Waals surface area contributed by atoms with Crippen LogP contribution in [0.2, 0.25) is 0 Å². The summed E-state index contributed by atoms with van der Waals surface area (Å²) >= 11 is 0. The lowest BCUT2D eigenvalue weighted by Crippen LogP contribution is -2.32. The van der Waals surface area contributed by atoms with Crippen molar-refractivity contribution in [2.24, 2.45) is 12.5 Å². The van der Waals surface area contributed by atoms with E-state index in [1.807, 2.05) is 30.7 Å². The maximum atomic E-state index is 14.6. The summed E-state index contributed by atoms with van der Waals surface area (Å²) in [6.45, 7) is 8.65. The predicted molar refractivity (Wildman–Crippen MR) is 123 cm³/mol. The molecule has 32 heavy (non-hydrogen) atoms. The van der Waals surface area contributed by atoms with Crippen molar-refractivity contribution in [1.82, 2.24) is 4.98 Å². The summed E-state index contributed by atoms with van der Waals surface area (Å²) in [5.74, 6) is -1.28. The third kappa shape index (κ3) is 3.32. The average molecular weight is 432 g/mol. The minimum atomic E-state index is -0.654. The van der Waals surface area contributed by atoms with Gasteiger partial charge in [0.2, 0.25) is 0 Å². The highest BCUT2D eigenvalue weighted by Gasteiger charge is 2.24. The summed E-state index contributed by atoms with van der Waals surface area (Å²) in [4.78, 5) is 4.66. The molecule has 0 saturated heterocycles. The van der Waals surface area contributed by atoms with Crippen molar-refractivity contribution in [3.05, 3.63) is 71.6 Å². The number of fused-ring (bicyclic) bond motifs is 4. The molecule has 0 amide bonds. The Morgan fingerprint density at radius 2 is 1.75 bits per heavy atom. The summed E-state index contributed by atoms with van der Waals surface area (Å²) in [6.07, 6.45) is 2.74. The van der Waals surface area contributed by atoms with Crippen LogP contribution in [-0.4, -0.2) is 4.98 Å². The molecule has 0 radical (unpaired) electrons. The maximum absolute atomic E-state index is 14.6. The number of aromatic nitrogens is 2. The quantitative estimate of drug-likeness (QED) is 0.288. The van der Waals surface area contributed by atoms with Crippen LogP contribution < -0.4 is 4.57 Å². The van der Waals surface area contributed by atoms with Gasteiger partial charge in [-0.25, -0.2) is 13.3 Å². The second kappa shape index (κ2) is 7.09. The van der Waals surface area contributed by atoms with Gasteiger partial charge in [0, 0.05) is 17.5 Å². The smallest absolute Gasteiger partial charge is 0.287 e. The predicted octanol–water partition coefficient (Wildman–Crippen LogP) is 6.80. The molecule has 5 rings (SSSR count). The van der Waals surface area contributed by atoms with Crippen LogP contribution in [0.25, 0.3) is 44.1 Å². The fourth-order valence-electron chi connectivity index (χ4n) is 4.59. The van der Waals surface area contributed by atoms with Crippen molar-refractivity contribution in [1.29, 1.82) is 0 Å². The molecule has 0 atom stereocenters. The van der Waals surface area contributed by atoms with Crippen molar-refractivity contribution < 1.29 is 17.8 Å². The molecule has 0 N–H and O–H groups in total. The Labute approximate surface area is 185 Å². The van der Waals surface area contributed by atoms with Crippen molar-refractivity contribution >= 4 is 32.8 Å². The lowest BCUT2D eigenvalue weighted by Gasteiger charge is -2.18. The SMILES string of the molecule is Cc1ccc2c(oc3cc(F)cc(F)c32)c1-c1c2ccc(CC(C)(C)C)cc2nc[n+]1C. The number of aryl methyl sites for hydroxylation is 2. The number of hydrogen-bond donors (Lipinski definition) is 0. The molecule has 0 spiro atoms. The zero-order valence-electron chi connectivity index (χ0n) is 18.9. The third-order valence-corrected chi connectivity index (χ3v) is 5.88. The van der Waals surface area contributed by atoms with E-state index in [0.29, 0.717) is 16.4 Å². The van der Waals surface area contributed by atoms with E-state index in [1.165, 1.54) is 11.6 Å². The first kappa shape index (κ1) is 20.6. The standard InChI is InChI=1S/C27H25F2N2O/c1-15-6-8-19-24-20(29)11-17(28)12-22(24)32-26(19)23(15)25-18-9-7-16(13-27(2,3)4)10-21(18)30-14-31(25)5/h6-12,14H,13H2,1-5H3/q+1. The van der Waals surface area contributed by atoms with E-state index in [1.54, 1.807) is 6.33 Å². The van der Waals surface area contributed by atoms with E-state index >= 15 is 0 Å². The number of furan rings is 1. The third-order valence-electron chi connectivity index (χ3n) is 5.88. The van der Waals surface area contributed by atoms with Gasteiger partial charge in [-0.1, -0.05) is 39.0 Å². The topological polar surface area (TPSA) is 29.9 Å². The molecular weight excluding hydrogens is 406 g/mol. The van der Waals surface area contributed by atoms with Crippen molar-refractivity contribution in [3.8, 4) is 11.3 Å². The molecule has 2 aromatic heterocycles. The van der Waals surface area contributed by atoms with Gasteiger partial charge in [-0.05, 0) is 47.0 Å². The minimum absolute atomic E-state index is 0.172. The molecule has 5 heteroatoms. The van der Waals surface area contributed by atoms with E-state index in [4.69, 9.17) is 4.42 Å². The van der Waals surface area contributed by atoms with Gasteiger partial charge < -0.3 is 4.42 Å². The van der Waals surface area contributed by atoms with Gasteiger partial charge in [0.05, 0.1) is 23.4 Å². The lowest BCUT2D eigenvalue weighted by molar-refractivity contribution is -0.662. The molecule has 5 aromatic rings. The average Bonchev–Trinajstić information content (AvgIpc) is 3.06. The number of benzene rings is 3. The number of nitrogens with zero attached hydrogens (tertiary/aromatic N) is 2. The Bertz CT molecular complexity index is 1530. The van der Waals surface area contributed by atoms with Gasteiger partial charge in [0.1, 0.15) is 28.5 Å². The van der Waals surface area contributed by atoms with E-state index in [0.717, 1.165) is 40.2 Å². The molecular formula is C27H25F2N2O+. The molecule has 3 aromatic carbocycles. The highest BCUT2D eigenvalue weighted by atomic mass is 19.1. The van der Waals surface area contributed by atoms with Gasteiger partial charge in [-0.15, -0.1) is 0 Å². The molecule has 0 aliphatic rings. The van der Waals surface area contributed by atoms with E-state index in [-0.39, 0.29) is 11.0 Å². The molecule has 2 heterocycles. The van der Waals surface area contributed by atoms with Crippen LogP contribution in [0, 0.1) is 24.0 Å². The summed E-state index contributed by atoms with van der Waals surface area (Å²) < 4.78 is 36.5. The van der Waals surface area contributed by atoms with Gasteiger partial charge >= 0.3 is 0 Å². The van der Waals surface area contributed by atoms with Gasteiger partial charge in [-0.2, -0.15) is 0 Å². The Morgan fingerprint density at radius 1 is 1.00 bits per heavy atom. The summed E-state index contributed by atoms with van der Waals surface area (Å²) in [6, 6.07) is 12.3. The normalized spacial score (nSPS) is 12.3.